The average Bonchev–Trinajstić information content (AvgIpc) is 2.69. The molecule has 144 valence electrons. The van der Waals surface area contributed by atoms with Crippen molar-refractivity contribution in [3.8, 4) is 5.75 Å². The first-order valence-electron chi connectivity index (χ1n) is 8.50. The van der Waals surface area contributed by atoms with E-state index in [1.54, 1.807) is 33.1 Å². The van der Waals surface area contributed by atoms with Gasteiger partial charge < -0.3 is 4.74 Å². The van der Waals surface area contributed by atoms with Gasteiger partial charge in [0.05, 0.1) is 18.2 Å². The van der Waals surface area contributed by atoms with E-state index in [1.165, 1.54) is 34.8 Å². The number of amides is 1. The number of hydrogen-bond donors (Lipinski definition) is 1. The lowest BCUT2D eigenvalue weighted by Gasteiger charge is -2.18. The molecule has 0 heterocycles. The van der Waals surface area contributed by atoms with Gasteiger partial charge in [0.25, 0.3) is 5.91 Å². The van der Waals surface area contributed by atoms with Gasteiger partial charge >= 0.3 is 0 Å². The SMILES string of the molecule is CCN(CC)S(=O)(=O)c1cccc(C(=O)N/N=C\c2cccc(OC)c2)c1. The number of rotatable bonds is 8. The van der Waals surface area contributed by atoms with Crippen LogP contribution in [0.4, 0.5) is 0 Å². The van der Waals surface area contributed by atoms with Crippen LogP contribution in [0.2, 0.25) is 0 Å². The smallest absolute Gasteiger partial charge is 0.271 e. The van der Waals surface area contributed by atoms with Gasteiger partial charge in [-0.3, -0.25) is 4.79 Å². The van der Waals surface area contributed by atoms with Gasteiger partial charge in [-0.15, -0.1) is 0 Å². The Bertz CT molecular complexity index is 922. The number of carbonyl (C=O) groups excluding carboxylic acids is 1. The molecule has 2 aromatic rings. The van der Waals surface area contributed by atoms with Crippen molar-refractivity contribution in [1.82, 2.24) is 9.73 Å². The van der Waals surface area contributed by atoms with Gasteiger partial charge in [0.15, 0.2) is 0 Å². The molecule has 2 aromatic carbocycles. The normalized spacial score (nSPS) is 11.7. The van der Waals surface area contributed by atoms with Crippen molar-refractivity contribution >= 4 is 22.1 Å². The van der Waals surface area contributed by atoms with Crippen LogP contribution in [0.5, 0.6) is 5.75 Å². The Morgan fingerprint density at radius 1 is 1.15 bits per heavy atom. The number of benzene rings is 2. The van der Waals surface area contributed by atoms with E-state index in [0.29, 0.717) is 18.8 Å². The van der Waals surface area contributed by atoms with E-state index >= 15 is 0 Å². The lowest BCUT2D eigenvalue weighted by atomic mass is 10.2. The predicted molar refractivity (Wildman–Crippen MR) is 105 cm³/mol. The molecular formula is C19H23N3O4S. The zero-order valence-electron chi connectivity index (χ0n) is 15.5. The highest BCUT2D eigenvalue weighted by Crippen LogP contribution is 2.17. The molecule has 1 N–H and O–H groups in total. The Morgan fingerprint density at radius 3 is 2.52 bits per heavy atom. The average molecular weight is 389 g/mol. The minimum Gasteiger partial charge on any atom is -0.497 e. The second-order valence-corrected chi connectivity index (χ2v) is 7.53. The summed E-state index contributed by atoms with van der Waals surface area (Å²) in [6.45, 7) is 4.26. The maximum Gasteiger partial charge on any atom is 0.271 e. The fourth-order valence-corrected chi connectivity index (χ4v) is 3.97. The molecule has 0 unspecified atom stereocenters. The van der Waals surface area contributed by atoms with E-state index in [1.807, 2.05) is 12.1 Å². The summed E-state index contributed by atoms with van der Waals surface area (Å²) in [5.41, 5.74) is 3.37. The van der Waals surface area contributed by atoms with Crippen molar-refractivity contribution in [3.05, 3.63) is 59.7 Å². The second kappa shape index (κ2) is 9.29. The minimum absolute atomic E-state index is 0.0793. The summed E-state index contributed by atoms with van der Waals surface area (Å²) in [5, 5.41) is 3.91. The highest BCUT2D eigenvalue weighted by molar-refractivity contribution is 7.89. The molecule has 7 nitrogen and oxygen atoms in total. The van der Waals surface area contributed by atoms with Crippen LogP contribution >= 0.6 is 0 Å². The van der Waals surface area contributed by atoms with Crippen LogP contribution in [0.3, 0.4) is 0 Å². The van der Waals surface area contributed by atoms with E-state index in [2.05, 4.69) is 10.5 Å². The molecule has 0 fully saturated rings. The highest BCUT2D eigenvalue weighted by atomic mass is 32.2. The Morgan fingerprint density at radius 2 is 1.85 bits per heavy atom. The fraction of sp³-hybridized carbons (Fsp3) is 0.263. The first-order valence-corrected chi connectivity index (χ1v) is 9.94. The monoisotopic (exact) mass is 389 g/mol. The van der Waals surface area contributed by atoms with E-state index in [9.17, 15) is 13.2 Å². The Kier molecular flexibility index (Phi) is 7.09. The summed E-state index contributed by atoms with van der Waals surface area (Å²) in [4.78, 5) is 12.4. The van der Waals surface area contributed by atoms with Crippen LogP contribution in [0.1, 0.15) is 29.8 Å². The Hall–Kier alpha value is -2.71. The standard InChI is InChI=1S/C19H23N3O4S/c1-4-22(5-2)27(24,25)18-11-7-9-16(13-18)19(23)21-20-14-15-8-6-10-17(12-15)26-3/h6-14H,4-5H2,1-3H3,(H,21,23)/b20-14-. The molecule has 0 saturated heterocycles. The number of sulfonamides is 1. The maximum atomic E-state index is 12.6. The molecule has 0 aromatic heterocycles. The fourth-order valence-electron chi connectivity index (χ4n) is 2.46. The summed E-state index contributed by atoms with van der Waals surface area (Å²) in [6.07, 6.45) is 1.48. The van der Waals surface area contributed by atoms with Crippen LogP contribution in [-0.4, -0.2) is 45.0 Å². The van der Waals surface area contributed by atoms with Crippen molar-refractivity contribution in [2.45, 2.75) is 18.7 Å². The lowest BCUT2D eigenvalue weighted by Crippen LogP contribution is -2.30. The van der Waals surface area contributed by atoms with Crippen molar-refractivity contribution in [1.29, 1.82) is 0 Å². The van der Waals surface area contributed by atoms with Crippen molar-refractivity contribution < 1.29 is 17.9 Å². The number of hydrogen-bond acceptors (Lipinski definition) is 5. The van der Waals surface area contributed by atoms with Crippen LogP contribution in [-0.2, 0) is 10.0 Å². The molecule has 0 atom stereocenters. The van der Waals surface area contributed by atoms with Gasteiger partial charge in [0.1, 0.15) is 5.75 Å². The quantitative estimate of drug-likeness (QED) is 0.555. The number of nitrogens with one attached hydrogen (secondary N) is 1. The van der Waals surface area contributed by atoms with E-state index < -0.39 is 15.9 Å². The van der Waals surface area contributed by atoms with Crippen LogP contribution in [0.15, 0.2) is 58.5 Å². The highest BCUT2D eigenvalue weighted by Gasteiger charge is 2.22. The summed E-state index contributed by atoms with van der Waals surface area (Å²) in [7, 11) is -2.06. The molecule has 0 spiro atoms. The zero-order chi connectivity index (χ0) is 19.9. The molecule has 27 heavy (non-hydrogen) atoms. The van der Waals surface area contributed by atoms with Crippen molar-refractivity contribution in [3.63, 3.8) is 0 Å². The van der Waals surface area contributed by atoms with Crippen LogP contribution in [0.25, 0.3) is 0 Å². The van der Waals surface area contributed by atoms with Crippen molar-refractivity contribution in [2.24, 2.45) is 5.10 Å². The van der Waals surface area contributed by atoms with Gasteiger partial charge in [-0.25, -0.2) is 13.8 Å². The number of nitrogens with zero attached hydrogens (tertiary/aromatic N) is 2. The summed E-state index contributed by atoms with van der Waals surface area (Å²) in [5.74, 6) is 0.185. The Labute approximate surface area is 159 Å². The van der Waals surface area contributed by atoms with Crippen LogP contribution < -0.4 is 10.2 Å². The molecular weight excluding hydrogens is 366 g/mol. The molecule has 0 radical (unpaired) electrons. The summed E-state index contributed by atoms with van der Waals surface area (Å²) >= 11 is 0. The van der Waals surface area contributed by atoms with Gasteiger partial charge in [-0.05, 0) is 35.9 Å². The molecule has 0 saturated carbocycles. The molecule has 0 bridgehead atoms. The van der Waals surface area contributed by atoms with Crippen molar-refractivity contribution in [2.75, 3.05) is 20.2 Å². The first-order chi connectivity index (χ1) is 12.9. The van der Waals surface area contributed by atoms with Gasteiger partial charge in [0.2, 0.25) is 10.0 Å². The second-order valence-electron chi connectivity index (χ2n) is 5.59. The lowest BCUT2D eigenvalue weighted by molar-refractivity contribution is 0.0955. The third-order valence-corrected chi connectivity index (χ3v) is 5.96. The topological polar surface area (TPSA) is 88.1 Å². The largest absolute Gasteiger partial charge is 0.497 e. The van der Waals surface area contributed by atoms with E-state index in [0.717, 1.165) is 5.56 Å². The molecule has 2 rings (SSSR count). The Balaban J connectivity index is 2.14. The van der Waals surface area contributed by atoms with E-state index in [4.69, 9.17) is 4.74 Å². The number of ether oxygens (including phenoxy) is 1. The van der Waals surface area contributed by atoms with Gasteiger partial charge in [-0.2, -0.15) is 9.41 Å². The molecule has 1 amide bonds. The maximum absolute atomic E-state index is 12.6. The summed E-state index contributed by atoms with van der Waals surface area (Å²) < 4.78 is 31.6. The summed E-state index contributed by atoms with van der Waals surface area (Å²) in [6, 6.07) is 13.1. The third kappa shape index (κ3) is 5.15. The predicted octanol–water partition coefficient (Wildman–Crippen LogP) is 2.49. The third-order valence-electron chi connectivity index (χ3n) is 3.91. The molecule has 0 aliphatic carbocycles. The molecule has 0 aliphatic heterocycles. The number of carbonyl (C=O) groups is 1. The van der Waals surface area contributed by atoms with Gasteiger partial charge in [-0.1, -0.05) is 32.0 Å². The minimum atomic E-state index is -3.63. The molecule has 8 heteroatoms. The number of hydrazone groups is 1. The molecule has 0 aliphatic rings. The van der Waals surface area contributed by atoms with Crippen LogP contribution in [0, 0.1) is 0 Å². The van der Waals surface area contributed by atoms with E-state index in [-0.39, 0.29) is 10.5 Å². The first kappa shape index (κ1) is 20.6. The number of methoxy groups -OCH3 is 1. The van der Waals surface area contributed by atoms with Gasteiger partial charge in [0, 0.05) is 18.7 Å². The zero-order valence-corrected chi connectivity index (χ0v) is 16.4.